The lowest BCUT2D eigenvalue weighted by molar-refractivity contribution is -0.142. The molecule has 1 fully saturated rings. The summed E-state index contributed by atoms with van der Waals surface area (Å²) in [5.41, 5.74) is 0.478. The van der Waals surface area contributed by atoms with E-state index in [1.54, 1.807) is 58.0 Å². The molecule has 4 N–H and O–H groups in total. The molecule has 0 aliphatic heterocycles. The number of nitrogens with zero attached hydrogens (tertiary/aromatic N) is 2. The Labute approximate surface area is 241 Å². The van der Waals surface area contributed by atoms with Gasteiger partial charge in [0, 0.05) is 18.0 Å². The van der Waals surface area contributed by atoms with Crippen LogP contribution in [-0.2, 0) is 20.7 Å². The maximum atomic E-state index is 14.2. The third-order valence-electron chi connectivity index (χ3n) is 6.96. The molecule has 2 unspecified atom stereocenters. The van der Waals surface area contributed by atoms with Crippen LogP contribution in [-0.4, -0.2) is 57.3 Å². The molecule has 3 amide bonds. The smallest absolute Gasteiger partial charge is 0.408 e. The fraction of sp³-hybridized carbons (Fsp3) is 0.484. The molecule has 0 bridgehead atoms. The van der Waals surface area contributed by atoms with E-state index in [2.05, 4.69) is 10.6 Å². The normalized spacial score (nSPS) is 15.2. The van der Waals surface area contributed by atoms with Crippen molar-refractivity contribution in [3.8, 4) is 17.6 Å². The van der Waals surface area contributed by atoms with Gasteiger partial charge in [-0.15, -0.1) is 0 Å². The zero-order valence-corrected chi connectivity index (χ0v) is 24.1. The number of carbonyl (C=O) groups is 3. The standard InChI is InChI=1S/C31H40N4O6/c1-20-9-8-12-24(27(20)37)26(28(38)33-22-10-6-5-7-11-22)35(18-17-32)29(39)25(34-30(40)41-31(2,3)4)19-21-13-15-23(36)16-14-21/h8-9,12-16,22,25-26,36-37H,5-7,10-11,18-19H2,1-4H3,(H,33,38)(H,34,40). The predicted molar refractivity (Wildman–Crippen MR) is 153 cm³/mol. The lowest BCUT2D eigenvalue weighted by atomic mass is 9.94. The summed E-state index contributed by atoms with van der Waals surface area (Å²) in [6, 6.07) is 10.4. The molecular formula is C31H40N4O6. The fourth-order valence-electron chi connectivity index (χ4n) is 4.97. The van der Waals surface area contributed by atoms with Crippen molar-refractivity contribution < 1.29 is 29.3 Å². The Morgan fingerprint density at radius 2 is 1.73 bits per heavy atom. The summed E-state index contributed by atoms with van der Waals surface area (Å²) in [5, 5.41) is 36.1. The van der Waals surface area contributed by atoms with Crippen LogP contribution in [0.3, 0.4) is 0 Å². The summed E-state index contributed by atoms with van der Waals surface area (Å²) in [4.78, 5) is 42.0. The number of rotatable bonds is 9. The summed E-state index contributed by atoms with van der Waals surface area (Å²) in [5.74, 6) is -1.32. The molecule has 0 saturated heterocycles. The average Bonchev–Trinajstić information content (AvgIpc) is 2.90. The molecule has 1 saturated carbocycles. The molecule has 1 aliphatic rings. The number of nitrogens with one attached hydrogen (secondary N) is 2. The highest BCUT2D eigenvalue weighted by Crippen LogP contribution is 2.33. The minimum absolute atomic E-state index is 0.00293. The molecule has 3 rings (SSSR count). The zero-order chi connectivity index (χ0) is 30.2. The highest BCUT2D eigenvalue weighted by atomic mass is 16.6. The van der Waals surface area contributed by atoms with E-state index < -0.39 is 42.1 Å². The molecule has 2 aromatic carbocycles. The van der Waals surface area contributed by atoms with Gasteiger partial charge in [0.1, 0.15) is 35.7 Å². The van der Waals surface area contributed by atoms with Gasteiger partial charge in [0.05, 0.1) is 6.07 Å². The fourth-order valence-corrected chi connectivity index (χ4v) is 4.97. The van der Waals surface area contributed by atoms with Gasteiger partial charge >= 0.3 is 6.09 Å². The van der Waals surface area contributed by atoms with Crippen molar-refractivity contribution in [3.63, 3.8) is 0 Å². The van der Waals surface area contributed by atoms with Crippen molar-refractivity contribution in [1.82, 2.24) is 15.5 Å². The van der Waals surface area contributed by atoms with Crippen molar-refractivity contribution in [2.24, 2.45) is 0 Å². The van der Waals surface area contributed by atoms with Crippen molar-refractivity contribution in [1.29, 1.82) is 5.26 Å². The second kappa shape index (κ2) is 13.9. The van der Waals surface area contributed by atoms with E-state index in [-0.39, 0.29) is 29.5 Å². The van der Waals surface area contributed by atoms with Crippen molar-refractivity contribution in [3.05, 3.63) is 59.2 Å². The first kappa shape index (κ1) is 31.3. The molecule has 41 heavy (non-hydrogen) atoms. The molecule has 2 atom stereocenters. The second-order valence-electron chi connectivity index (χ2n) is 11.5. The van der Waals surface area contributed by atoms with Crippen molar-refractivity contribution in [2.45, 2.75) is 89.9 Å². The number of phenolic OH excluding ortho intramolecular Hbond substituents is 2. The minimum atomic E-state index is -1.33. The molecule has 0 spiro atoms. The summed E-state index contributed by atoms with van der Waals surface area (Å²) >= 11 is 0. The molecule has 2 aromatic rings. The van der Waals surface area contributed by atoms with Gasteiger partial charge in [-0.25, -0.2) is 4.79 Å². The van der Waals surface area contributed by atoms with Crippen LogP contribution in [0.1, 0.15) is 75.6 Å². The molecule has 220 valence electrons. The minimum Gasteiger partial charge on any atom is -0.508 e. The second-order valence-corrected chi connectivity index (χ2v) is 11.5. The van der Waals surface area contributed by atoms with E-state index in [1.807, 2.05) is 6.07 Å². The number of amides is 3. The van der Waals surface area contributed by atoms with Gasteiger partial charge in [0.2, 0.25) is 11.8 Å². The number of nitriles is 1. The van der Waals surface area contributed by atoms with E-state index >= 15 is 0 Å². The number of ether oxygens (including phenoxy) is 1. The van der Waals surface area contributed by atoms with Crippen LogP contribution in [0.15, 0.2) is 42.5 Å². The van der Waals surface area contributed by atoms with Crippen LogP contribution in [0.4, 0.5) is 4.79 Å². The Hall–Kier alpha value is -4.26. The number of alkyl carbamates (subject to hydrolysis) is 1. The van der Waals surface area contributed by atoms with E-state index in [9.17, 15) is 29.9 Å². The molecule has 1 aliphatic carbocycles. The quantitative estimate of drug-likeness (QED) is 0.330. The number of para-hydroxylation sites is 1. The third kappa shape index (κ3) is 8.87. The monoisotopic (exact) mass is 564 g/mol. The number of phenols is 2. The first-order chi connectivity index (χ1) is 19.4. The third-order valence-corrected chi connectivity index (χ3v) is 6.96. The Morgan fingerprint density at radius 3 is 2.34 bits per heavy atom. The van der Waals surface area contributed by atoms with E-state index in [0.717, 1.165) is 37.0 Å². The molecule has 0 heterocycles. The Balaban J connectivity index is 2.03. The number of carbonyl (C=O) groups excluding carboxylic acids is 3. The number of benzene rings is 2. The molecule has 10 nitrogen and oxygen atoms in total. The number of aryl methyl sites for hydroxylation is 1. The molecule has 10 heteroatoms. The number of aromatic hydroxyl groups is 2. The van der Waals surface area contributed by atoms with Gasteiger partial charge < -0.3 is 30.5 Å². The van der Waals surface area contributed by atoms with Crippen LogP contribution in [0.2, 0.25) is 0 Å². The molecular weight excluding hydrogens is 524 g/mol. The van der Waals surface area contributed by atoms with E-state index in [1.165, 1.54) is 12.1 Å². The molecule has 0 radical (unpaired) electrons. The summed E-state index contributed by atoms with van der Waals surface area (Å²) in [6.45, 7) is 6.28. The van der Waals surface area contributed by atoms with Gasteiger partial charge in [-0.2, -0.15) is 5.26 Å². The highest BCUT2D eigenvalue weighted by molar-refractivity contribution is 5.93. The van der Waals surface area contributed by atoms with Gasteiger partial charge in [-0.3, -0.25) is 9.59 Å². The van der Waals surface area contributed by atoms with Gasteiger partial charge in [-0.05, 0) is 63.8 Å². The van der Waals surface area contributed by atoms with Crippen LogP contribution in [0.5, 0.6) is 11.5 Å². The maximum Gasteiger partial charge on any atom is 0.408 e. The number of hydrogen-bond acceptors (Lipinski definition) is 7. The van der Waals surface area contributed by atoms with Crippen LogP contribution in [0.25, 0.3) is 0 Å². The first-order valence-electron chi connectivity index (χ1n) is 13.9. The largest absolute Gasteiger partial charge is 0.508 e. The Morgan fingerprint density at radius 1 is 1.07 bits per heavy atom. The molecule has 0 aromatic heterocycles. The lowest BCUT2D eigenvalue weighted by Gasteiger charge is -2.34. The first-order valence-corrected chi connectivity index (χ1v) is 13.9. The summed E-state index contributed by atoms with van der Waals surface area (Å²) < 4.78 is 5.40. The maximum absolute atomic E-state index is 14.2. The highest BCUT2D eigenvalue weighted by Gasteiger charge is 2.38. The Bertz CT molecular complexity index is 1260. The van der Waals surface area contributed by atoms with E-state index in [0.29, 0.717) is 11.1 Å². The predicted octanol–water partition coefficient (Wildman–Crippen LogP) is 4.38. The van der Waals surface area contributed by atoms with Crippen LogP contribution < -0.4 is 10.6 Å². The van der Waals surface area contributed by atoms with Gasteiger partial charge in [-0.1, -0.05) is 49.6 Å². The average molecular weight is 565 g/mol. The topological polar surface area (TPSA) is 152 Å². The Kier molecular flexibility index (Phi) is 10.6. The summed E-state index contributed by atoms with van der Waals surface area (Å²) in [7, 11) is 0. The van der Waals surface area contributed by atoms with Crippen LogP contribution in [0, 0.1) is 18.3 Å². The summed E-state index contributed by atoms with van der Waals surface area (Å²) in [6.07, 6.45) is 3.79. The van der Waals surface area contributed by atoms with Gasteiger partial charge in [0.25, 0.3) is 0 Å². The van der Waals surface area contributed by atoms with E-state index in [4.69, 9.17) is 4.74 Å². The van der Waals surface area contributed by atoms with Gasteiger partial charge in [0.15, 0.2) is 0 Å². The van der Waals surface area contributed by atoms with Crippen molar-refractivity contribution in [2.75, 3.05) is 6.54 Å². The van der Waals surface area contributed by atoms with Crippen LogP contribution >= 0.6 is 0 Å². The zero-order valence-electron chi connectivity index (χ0n) is 24.1. The SMILES string of the molecule is Cc1cccc(C(C(=O)NC2CCCCC2)N(CC#N)C(=O)C(Cc2ccc(O)cc2)NC(=O)OC(C)(C)C)c1O. The lowest BCUT2D eigenvalue weighted by Crippen LogP contribution is -2.54. The number of hydrogen-bond donors (Lipinski definition) is 4. The van der Waals surface area contributed by atoms with Crippen molar-refractivity contribution >= 4 is 17.9 Å².